The van der Waals surface area contributed by atoms with Crippen LogP contribution in [-0.2, 0) is 9.84 Å². The summed E-state index contributed by atoms with van der Waals surface area (Å²) >= 11 is 0. The van der Waals surface area contributed by atoms with Crippen molar-refractivity contribution in [2.75, 3.05) is 13.2 Å². The molecule has 0 atom stereocenters. The molecule has 0 amide bonds. The minimum absolute atomic E-state index is 0.207. The molecule has 0 spiro atoms. The zero-order chi connectivity index (χ0) is 19.5. The second kappa shape index (κ2) is 11.0. The van der Waals surface area contributed by atoms with Crippen LogP contribution >= 0.6 is 0 Å². The maximum atomic E-state index is 13.0. The molecule has 0 bridgehead atoms. The van der Waals surface area contributed by atoms with Crippen molar-refractivity contribution in [2.45, 2.75) is 62.2 Å². The van der Waals surface area contributed by atoms with Crippen LogP contribution in [0.25, 0.3) is 0 Å². The first kappa shape index (κ1) is 21.3. The van der Waals surface area contributed by atoms with Gasteiger partial charge in [0.2, 0.25) is 9.84 Å². The van der Waals surface area contributed by atoms with Crippen LogP contribution in [0.5, 0.6) is 11.5 Å². The van der Waals surface area contributed by atoms with E-state index < -0.39 is 9.84 Å². The monoisotopic (exact) mass is 390 g/mol. The van der Waals surface area contributed by atoms with E-state index in [1.807, 2.05) is 0 Å². The lowest BCUT2D eigenvalue weighted by Gasteiger charge is -2.12. The first-order chi connectivity index (χ1) is 13.1. The summed E-state index contributed by atoms with van der Waals surface area (Å²) in [5.41, 5.74) is 0. The molecule has 2 rings (SSSR count). The van der Waals surface area contributed by atoms with E-state index in [1.165, 1.54) is 0 Å². The summed E-state index contributed by atoms with van der Waals surface area (Å²) in [6, 6.07) is 13.4. The Kier molecular flexibility index (Phi) is 8.65. The Balaban J connectivity index is 2.11. The van der Waals surface area contributed by atoms with Crippen molar-refractivity contribution in [1.29, 1.82) is 0 Å². The molecule has 2 aromatic carbocycles. The summed E-state index contributed by atoms with van der Waals surface area (Å²) in [5, 5.41) is 0. The van der Waals surface area contributed by atoms with Gasteiger partial charge in [-0.3, -0.25) is 0 Å². The highest BCUT2D eigenvalue weighted by Gasteiger charge is 2.22. The average molecular weight is 391 g/mol. The van der Waals surface area contributed by atoms with Crippen LogP contribution in [0.2, 0.25) is 0 Å². The largest absolute Gasteiger partial charge is 0.494 e. The molecule has 27 heavy (non-hydrogen) atoms. The van der Waals surface area contributed by atoms with Crippen LogP contribution in [0.3, 0.4) is 0 Å². The molecule has 0 saturated heterocycles. The molecule has 0 saturated carbocycles. The van der Waals surface area contributed by atoms with E-state index in [0.29, 0.717) is 24.7 Å². The Labute approximate surface area is 163 Å². The third-order valence-corrected chi connectivity index (χ3v) is 6.10. The van der Waals surface area contributed by atoms with E-state index in [2.05, 4.69) is 13.8 Å². The molecule has 4 nitrogen and oxygen atoms in total. The lowest BCUT2D eigenvalue weighted by molar-refractivity contribution is 0.298. The molecule has 0 aromatic heterocycles. The highest BCUT2D eigenvalue weighted by molar-refractivity contribution is 7.91. The van der Waals surface area contributed by atoms with Gasteiger partial charge in [0, 0.05) is 0 Å². The second-order valence-electron chi connectivity index (χ2n) is 6.53. The number of para-hydroxylation sites is 1. The van der Waals surface area contributed by atoms with Gasteiger partial charge in [-0.2, -0.15) is 0 Å². The molecule has 0 fully saturated rings. The second-order valence-corrected chi connectivity index (χ2v) is 8.45. The van der Waals surface area contributed by atoms with Crippen LogP contribution in [0.1, 0.15) is 52.4 Å². The first-order valence-electron chi connectivity index (χ1n) is 9.79. The number of unbranched alkanes of at least 4 members (excludes halogenated alkanes) is 4. The van der Waals surface area contributed by atoms with E-state index >= 15 is 0 Å². The number of hydrogen-bond acceptors (Lipinski definition) is 4. The van der Waals surface area contributed by atoms with Crippen LogP contribution < -0.4 is 9.47 Å². The molecule has 5 heteroatoms. The van der Waals surface area contributed by atoms with Gasteiger partial charge in [0.1, 0.15) is 16.4 Å². The van der Waals surface area contributed by atoms with Gasteiger partial charge in [0.25, 0.3) is 0 Å². The van der Waals surface area contributed by atoms with Crippen molar-refractivity contribution in [1.82, 2.24) is 0 Å². The van der Waals surface area contributed by atoms with Gasteiger partial charge in [-0.15, -0.1) is 0 Å². The fourth-order valence-electron chi connectivity index (χ4n) is 2.71. The smallest absolute Gasteiger partial charge is 0.210 e. The van der Waals surface area contributed by atoms with Crippen LogP contribution in [0, 0.1) is 0 Å². The standard InChI is InChI=1S/C22H30O4S/c1-3-5-9-17-25-19-13-15-20(16-14-19)27(23,24)22-12-8-7-11-21(22)26-18-10-6-4-2/h7-8,11-16H,3-6,9-10,17-18H2,1-2H3. The van der Waals surface area contributed by atoms with Gasteiger partial charge in [-0.05, 0) is 49.2 Å². The summed E-state index contributed by atoms with van der Waals surface area (Å²) in [5.74, 6) is 1.10. The fourth-order valence-corrected chi connectivity index (χ4v) is 4.11. The van der Waals surface area contributed by atoms with E-state index in [1.54, 1.807) is 48.5 Å². The highest BCUT2D eigenvalue weighted by atomic mass is 32.2. The zero-order valence-electron chi connectivity index (χ0n) is 16.3. The van der Waals surface area contributed by atoms with E-state index in [9.17, 15) is 8.42 Å². The van der Waals surface area contributed by atoms with Gasteiger partial charge < -0.3 is 9.47 Å². The molecule has 2 aromatic rings. The van der Waals surface area contributed by atoms with Crippen LogP contribution in [-0.4, -0.2) is 21.6 Å². The molecule has 148 valence electrons. The molecule has 0 aliphatic heterocycles. The Morgan fingerprint density at radius 3 is 1.96 bits per heavy atom. The van der Waals surface area contributed by atoms with Gasteiger partial charge >= 0.3 is 0 Å². The van der Waals surface area contributed by atoms with Crippen LogP contribution in [0.4, 0.5) is 0 Å². The molecule has 0 heterocycles. The first-order valence-corrected chi connectivity index (χ1v) is 11.3. The summed E-state index contributed by atoms with van der Waals surface area (Å²) in [7, 11) is -3.64. The molecule has 0 unspecified atom stereocenters. The summed E-state index contributed by atoms with van der Waals surface area (Å²) in [6.07, 6.45) is 6.33. The maximum absolute atomic E-state index is 13.0. The van der Waals surface area contributed by atoms with Gasteiger partial charge in [0.05, 0.1) is 18.1 Å². The Bertz CT molecular complexity index is 782. The number of sulfone groups is 1. The zero-order valence-corrected chi connectivity index (χ0v) is 17.1. The number of ether oxygens (including phenoxy) is 2. The van der Waals surface area contributed by atoms with E-state index in [4.69, 9.17) is 9.47 Å². The molecular weight excluding hydrogens is 360 g/mol. The van der Waals surface area contributed by atoms with Crippen molar-refractivity contribution in [3.63, 3.8) is 0 Å². The van der Waals surface area contributed by atoms with Crippen LogP contribution in [0.15, 0.2) is 58.3 Å². The minimum Gasteiger partial charge on any atom is -0.494 e. The summed E-state index contributed by atoms with van der Waals surface area (Å²) in [4.78, 5) is 0.450. The minimum atomic E-state index is -3.64. The van der Waals surface area contributed by atoms with Gasteiger partial charge in [-0.1, -0.05) is 51.7 Å². The molecule has 0 N–H and O–H groups in total. The van der Waals surface area contributed by atoms with Crippen molar-refractivity contribution >= 4 is 9.84 Å². The normalized spacial score (nSPS) is 11.3. The Morgan fingerprint density at radius 1 is 0.741 bits per heavy atom. The number of hydrogen-bond donors (Lipinski definition) is 0. The Hall–Kier alpha value is -2.01. The van der Waals surface area contributed by atoms with E-state index in [0.717, 1.165) is 38.5 Å². The van der Waals surface area contributed by atoms with Gasteiger partial charge in [-0.25, -0.2) is 8.42 Å². The van der Waals surface area contributed by atoms with Crippen molar-refractivity contribution in [3.05, 3.63) is 48.5 Å². The van der Waals surface area contributed by atoms with Gasteiger partial charge in [0.15, 0.2) is 0 Å². The predicted octanol–water partition coefficient (Wildman–Crippen LogP) is 5.66. The van der Waals surface area contributed by atoms with Crippen molar-refractivity contribution in [2.24, 2.45) is 0 Å². The Morgan fingerprint density at radius 2 is 1.33 bits per heavy atom. The third kappa shape index (κ3) is 6.28. The lowest BCUT2D eigenvalue weighted by Crippen LogP contribution is -2.07. The van der Waals surface area contributed by atoms with E-state index in [-0.39, 0.29) is 9.79 Å². The highest BCUT2D eigenvalue weighted by Crippen LogP contribution is 2.30. The molecule has 0 aliphatic carbocycles. The number of benzene rings is 2. The summed E-state index contributed by atoms with van der Waals surface area (Å²) < 4.78 is 37.5. The van der Waals surface area contributed by atoms with Crippen molar-refractivity contribution in [3.8, 4) is 11.5 Å². The van der Waals surface area contributed by atoms with Crippen molar-refractivity contribution < 1.29 is 17.9 Å². The number of rotatable bonds is 12. The quantitative estimate of drug-likeness (QED) is 0.439. The molecule has 0 radical (unpaired) electrons. The SMILES string of the molecule is CCCCCOc1ccc(S(=O)(=O)c2ccccc2OCCCCC)cc1. The predicted molar refractivity (Wildman–Crippen MR) is 108 cm³/mol. The third-order valence-electron chi connectivity index (χ3n) is 4.29. The lowest BCUT2D eigenvalue weighted by atomic mass is 10.3. The molecule has 0 aliphatic rings. The summed E-state index contributed by atoms with van der Waals surface area (Å²) in [6.45, 7) is 5.43. The maximum Gasteiger partial charge on any atom is 0.210 e. The average Bonchev–Trinajstić information content (AvgIpc) is 2.69. The fraction of sp³-hybridized carbons (Fsp3) is 0.455. The topological polar surface area (TPSA) is 52.6 Å². The molecular formula is C22H30O4S.